The van der Waals surface area contributed by atoms with Crippen molar-refractivity contribution < 1.29 is 24.3 Å². The van der Waals surface area contributed by atoms with Crippen LogP contribution in [-0.2, 0) is 16.0 Å². The Morgan fingerprint density at radius 3 is 2.79 bits per heavy atom. The van der Waals surface area contributed by atoms with E-state index in [2.05, 4.69) is 15.1 Å². The lowest BCUT2D eigenvalue weighted by Crippen LogP contribution is -2.57. The molecule has 1 aliphatic rings. The Balaban J connectivity index is 1.62. The van der Waals surface area contributed by atoms with Gasteiger partial charge in [0.05, 0.1) is 6.10 Å². The minimum atomic E-state index is -1.30. The number of carbonyl (C=O) groups is 2. The standard InChI is InChI=1S/C19H24N4O5/c1-2-8-19(18(26)27)12-23(11-7-14(19)24)16(25)4-3-15-21-17(22-28-15)13-5-9-20-10-6-13/h5-6,9-10,14,24H,2-4,7-8,11-12H2,1H3,(H,26,27)/t14-,19-/m1/s1. The van der Waals surface area contributed by atoms with Crippen molar-refractivity contribution in [3.63, 3.8) is 0 Å². The normalized spacial score (nSPS) is 22.2. The van der Waals surface area contributed by atoms with Crippen LogP contribution >= 0.6 is 0 Å². The van der Waals surface area contributed by atoms with Gasteiger partial charge in [0.15, 0.2) is 0 Å². The van der Waals surface area contributed by atoms with E-state index < -0.39 is 17.5 Å². The van der Waals surface area contributed by atoms with Gasteiger partial charge < -0.3 is 19.6 Å². The zero-order valence-corrected chi connectivity index (χ0v) is 15.7. The predicted octanol–water partition coefficient (Wildman–Crippen LogP) is 1.53. The van der Waals surface area contributed by atoms with Gasteiger partial charge in [-0.2, -0.15) is 4.98 Å². The van der Waals surface area contributed by atoms with Crippen molar-refractivity contribution in [1.29, 1.82) is 0 Å². The van der Waals surface area contributed by atoms with Crippen molar-refractivity contribution in [1.82, 2.24) is 20.0 Å². The zero-order valence-electron chi connectivity index (χ0n) is 15.7. The van der Waals surface area contributed by atoms with Crippen LogP contribution in [0.5, 0.6) is 0 Å². The van der Waals surface area contributed by atoms with Crippen LogP contribution in [0.4, 0.5) is 0 Å². The number of carbonyl (C=O) groups excluding carboxylic acids is 1. The summed E-state index contributed by atoms with van der Waals surface area (Å²) in [5, 5.41) is 23.9. The molecule has 0 aliphatic carbocycles. The molecule has 1 amide bonds. The average Bonchev–Trinajstić information content (AvgIpc) is 3.17. The Labute approximate surface area is 162 Å². The maximum absolute atomic E-state index is 12.6. The van der Waals surface area contributed by atoms with Crippen LogP contribution < -0.4 is 0 Å². The topological polar surface area (TPSA) is 130 Å². The highest BCUT2D eigenvalue weighted by molar-refractivity contribution is 5.80. The van der Waals surface area contributed by atoms with E-state index in [-0.39, 0.29) is 31.7 Å². The lowest BCUT2D eigenvalue weighted by Gasteiger charge is -2.43. The van der Waals surface area contributed by atoms with Gasteiger partial charge in [-0.15, -0.1) is 0 Å². The van der Waals surface area contributed by atoms with E-state index in [1.165, 1.54) is 4.90 Å². The van der Waals surface area contributed by atoms with E-state index in [9.17, 15) is 19.8 Å². The molecule has 0 unspecified atom stereocenters. The number of carboxylic acid groups (broad SMARTS) is 1. The van der Waals surface area contributed by atoms with Crippen molar-refractivity contribution in [2.75, 3.05) is 13.1 Å². The third-order valence-electron chi connectivity index (χ3n) is 5.22. The largest absolute Gasteiger partial charge is 0.481 e. The minimum absolute atomic E-state index is 0.0161. The SMILES string of the molecule is CCC[C@@]1(C(=O)O)CN(C(=O)CCc2nc(-c3ccncc3)no2)CC[C@H]1O. The number of hydrogen-bond acceptors (Lipinski definition) is 7. The summed E-state index contributed by atoms with van der Waals surface area (Å²) in [5.74, 6) is -0.468. The molecule has 0 spiro atoms. The van der Waals surface area contributed by atoms with Crippen LogP contribution in [0.15, 0.2) is 29.0 Å². The molecule has 9 heteroatoms. The summed E-state index contributed by atoms with van der Waals surface area (Å²) in [6, 6.07) is 3.52. The highest BCUT2D eigenvalue weighted by Gasteiger charge is 2.49. The first-order valence-corrected chi connectivity index (χ1v) is 9.38. The molecule has 0 saturated carbocycles. The second kappa shape index (κ2) is 8.47. The molecular weight excluding hydrogens is 364 g/mol. The first-order valence-electron chi connectivity index (χ1n) is 9.38. The molecule has 1 saturated heterocycles. The van der Waals surface area contributed by atoms with Crippen LogP contribution in [0.3, 0.4) is 0 Å². The van der Waals surface area contributed by atoms with E-state index in [0.29, 0.717) is 31.1 Å². The number of rotatable bonds is 7. The van der Waals surface area contributed by atoms with E-state index in [1.807, 2.05) is 6.92 Å². The summed E-state index contributed by atoms with van der Waals surface area (Å²) in [6.45, 7) is 2.22. The fourth-order valence-electron chi connectivity index (χ4n) is 3.65. The minimum Gasteiger partial charge on any atom is -0.481 e. The summed E-state index contributed by atoms with van der Waals surface area (Å²) in [5.41, 5.74) is -0.533. The first kappa shape index (κ1) is 19.9. The molecule has 3 rings (SSSR count). The van der Waals surface area contributed by atoms with Gasteiger partial charge in [0, 0.05) is 43.9 Å². The quantitative estimate of drug-likeness (QED) is 0.730. The molecule has 0 bridgehead atoms. The Bertz CT molecular complexity index is 825. The van der Waals surface area contributed by atoms with Gasteiger partial charge in [0.1, 0.15) is 5.41 Å². The van der Waals surface area contributed by atoms with E-state index in [0.717, 1.165) is 5.56 Å². The maximum Gasteiger partial charge on any atom is 0.314 e. The van der Waals surface area contributed by atoms with Crippen molar-refractivity contribution in [2.45, 2.75) is 45.1 Å². The molecule has 150 valence electrons. The Morgan fingerprint density at radius 2 is 2.11 bits per heavy atom. The highest BCUT2D eigenvalue weighted by atomic mass is 16.5. The molecule has 2 aromatic heterocycles. The zero-order chi connectivity index (χ0) is 20.1. The van der Waals surface area contributed by atoms with Crippen LogP contribution in [0.2, 0.25) is 0 Å². The van der Waals surface area contributed by atoms with E-state index in [1.54, 1.807) is 24.5 Å². The maximum atomic E-state index is 12.6. The van der Waals surface area contributed by atoms with Crippen LogP contribution in [0, 0.1) is 5.41 Å². The number of aliphatic carboxylic acids is 1. The fourth-order valence-corrected chi connectivity index (χ4v) is 3.65. The second-order valence-corrected chi connectivity index (χ2v) is 7.08. The number of piperidine rings is 1. The van der Waals surface area contributed by atoms with Crippen LogP contribution in [0.1, 0.15) is 38.5 Å². The van der Waals surface area contributed by atoms with Gasteiger partial charge in [0.25, 0.3) is 0 Å². The molecule has 0 aromatic carbocycles. The van der Waals surface area contributed by atoms with E-state index in [4.69, 9.17) is 4.52 Å². The number of nitrogens with zero attached hydrogens (tertiary/aromatic N) is 4. The molecule has 2 atom stereocenters. The number of likely N-dealkylation sites (tertiary alicyclic amines) is 1. The number of pyridine rings is 1. The summed E-state index contributed by atoms with van der Waals surface area (Å²) < 4.78 is 5.21. The summed E-state index contributed by atoms with van der Waals surface area (Å²) in [7, 11) is 0. The smallest absolute Gasteiger partial charge is 0.314 e. The number of hydrogen-bond donors (Lipinski definition) is 2. The molecule has 1 fully saturated rings. The van der Waals surface area contributed by atoms with Gasteiger partial charge >= 0.3 is 5.97 Å². The third kappa shape index (κ3) is 4.04. The molecule has 3 heterocycles. The van der Waals surface area contributed by atoms with Crippen molar-refractivity contribution in [2.24, 2.45) is 5.41 Å². The Hall–Kier alpha value is -2.81. The lowest BCUT2D eigenvalue weighted by atomic mass is 9.74. The van der Waals surface area contributed by atoms with Gasteiger partial charge in [-0.05, 0) is 25.0 Å². The Kier molecular flexibility index (Phi) is 6.03. The highest BCUT2D eigenvalue weighted by Crippen LogP contribution is 2.35. The lowest BCUT2D eigenvalue weighted by molar-refractivity contribution is -0.166. The number of aromatic nitrogens is 3. The summed E-state index contributed by atoms with van der Waals surface area (Å²) >= 11 is 0. The second-order valence-electron chi connectivity index (χ2n) is 7.08. The Morgan fingerprint density at radius 1 is 1.36 bits per heavy atom. The van der Waals surface area contributed by atoms with E-state index >= 15 is 0 Å². The third-order valence-corrected chi connectivity index (χ3v) is 5.22. The van der Waals surface area contributed by atoms with Gasteiger partial charge in [-0.1, -0.05) is 18.5 Å². The molecular formula is C19H24N4O5. The average molecular weight is 388 g/mol. The number of aliphatic hydroxyl groups excluding tert-OH is 1. The molecule has 28 heavy (non-hydrogen) atoms. The molecule has 2 aromatic rings. The van der Waals surface area contributed by atoms with Gasteiger partial charge in [0.2, 0.25) is 17.6 Å². The number of amides is 1. The fraction of sp³-hybridized carbons (Fsp3) is 0.526. The summed E-state index contributed by atoms with van der Waals surface area (Å²) in [6.07, 6.45) is 3.91. The van der Waals surface area contributed by atoms with Crippen molar-refractivity contribution in [3.05, 3.63) is 30.4 Å². The molecule has 0 radical (unpaired) electrons. The first-order chi connectivity index (χ1) is 13.5. The molecule has 2 N–H and O–H groups in total. The molecule has 9 nitrogen and oxygen atoms in total. The number of aryl methyl sites for hydroxylation is 1. The number of carboxylic acids is 1. The van der Waals surface area contributed by atoms with Crippen molar-refractivity contribution in [3.8, 4) is 11.4 Å². The molecule has 1 aliphatic heterocycles. The summed E-state index contributed by atoms with van der Waals surface area (Å²) in [4.78, 5) is 34.2. The predicted molar refractivity (Wildman–Crippen MR) is 98.0 cm³/mol. The number of aliphatic hydroxyl groups is 1. The van der Waals surface area contributed by atoms with Gasteiger partial charge in [-0.25, -0.2) is 0 Å². The van der Waals surface area contributed by atoms with Crippen LogP contribution in [0.25, 0.3) is 11.4 Å². The van der Waals surface area contributed by atoms with Crippen LogP contribution in [-0.4, -0.2) is 61.3 Å². The van der Waals surface area contributed by atoms with Gasteiger partial charge in [-0.3, -0.25) is 14.6 Å². The monoisotopic (exact) mass is 388 g/mol. The van der Waals surface area contributed by atoms with Crippen molar-refractivity contribution >= 4 is 11.9 Å².